The molecule has 0 aromatic heterocycles. The molecule has 0 unspecified atom stereocenters. The zero-order valence-electron chi connectivity index (χ0n) is 13.4. The van der Waals surface area contributed by atoms with Crippen molar-refractivity contribution in [2.24, 2.45) is 17.8 Å². The smallest absolute Gasteiger partial charge is 0.223 e. The van der Waals surface area contributed by atoms with Crippen LogP contribution in [0.2, 0.25) is 0 Å². The number of likely N-dealkylation sites (tertiary alicyclic amines) is 1. The lowest BCUT2D eigenvalue weighted by atomic mass is 9.82. The van der Waals surface area contributed by atoms with E-state index in [2.05, 4.69) is 0 Å². The average Bonchev–Trinajstić information content (AvgIpc) is 2.99. The molecule has 124 valence electrons. The predicted molar refractivity (Wildman–Crippen MR) is 85.3 cm³/mol. The monoisotopic (exact) mass is 314 g/mol. The molecule has 1 aliphatic carbocycles. The summed E-state index contributed by atoms with van der Waals surface area (Å²) in [5.74, 6) is -0.637. The summed E-state index contributed by atoms with van der Waals surface area (Å²) in [5.41, 5.74) is 0.935. The summed E-state index contributed by atoms with van der Waals surface area (Å²) < 4.78 is 0. The SMILES string of the molecule is O=C([O-])[C@@H](CC(=O)N1C[C@H]2CCCC[C@H]2C1)Cc1ccccc1. The van der Waals surface area contributed by atoms with Crippen LogP contribution < -0.4 is 5.11 Å². The number of hydrogen-bond acceptors (Lipinski definition) is 3. The molecule has 1 amide bonds. The van der Waals surface area contributed by atoms with Gasteiger partial charge in [0.2, 0.25) is 5.91 Å². The summed E-state index contributed by atoms with van der Waals surface area (Å²) in [6.07, 6.45) is 5.36. The van der Waals surface area contributed by atoms with Gasteiger partial charge >= 0.3 is 0 Å². The lowest BCUT2D eigenvalue weighted by molar-refractivity contribution is -0.311. The molecule has 0 radical (unpaired) electrons. The molecule has 23 heavy (non-hydrogen) atoms. The Morgan fingerprint density at radius 2 is 1.70 bits per heavy atom. The Morgan fingerprint density at radius 3 is 2.26 bits per heavy atom. The van der Waals surface area contributed by atoms with Crippen molar-refractivity contribution < 1.29 is 14.7 Å². The third-order valence-corrected chi connectivity index (χ3v) is 5.41. The molecular weight excluding hydrogens is 290 g/mol. The molecular formula is C19H24NO3-. The van der Waals surface area contributed by atoms with E-state index in [1.807, 2.05) is 35.2 Å². The topological polar surface area (TPSA) is 60.4 Å². The lowest BCUT2D eigenvalue weighted by Crippen LogP contribution is -2.38. The van der Waals surface area contributed by atoms with Gasteiger partial charge in [-0.3, -0.25) is 4.79 Å². The predicted octanol–water partition coefficient (Wildman–Crippen LogP) is 1.63. The van der Waals surface area contributed by atoms with Crippen LogP contribution in [0.3, 0.4) is 0 Å². The fraction of sp³-hybridized carbons (Fsp3) is 0.579. The van der Waals surface area contributed by atoms with Gasteiger partial charge in [0, 0.05) is 31.4 Å². The molecule has 0 spiro atoms. The molecule has 2 fully saturated rings. The molecule has 1 saturated carbocycles. The van der Waals surface area contributed by atoms with Gasteiger partial charge in [0.05, 0.1) is 0 Å². The Morgan fingerprint density at radius 1 is 1.09 bits per heavy atom. The Bertz CT molecular complexity index is 543. The molecule has 1 heterocycles. The number of fused-ring (bicyclic) bond motifs is 1. The molecule has 4 heteroatoms. The maximum atomic E-state index is 12.5. The highest BCUT2D eigenvalue weighted by atomic mass is 16.4. The fourth-order valence-corrected chi connectivity index (χ4v) is 4.09. The molecule has 0 N–H and O–H groups in total. The molecule has 1 aromatic carbocycles. The van der Waals surface area contributed by atoms with Crippen molar-refractivity contribution >= 4 is 11.9 Å². The summed E-state index contributed by atoms with van der Waals surface area (Å²) in [6, 6.07) is 9.45. The number of carboxylic acid groups (broad SMARTS) is 1. The van der Waals surface area contributed by atoms with Crippen molar-refractivity contribution in [1.82, 2.24) is 4.90 Å². The van der Waals surface area contributed by atoms with Gasteiger partial charge < -0.3 is 14.8 Å². The van der Waals surface area contributed by atoms with E-state index in [0.717, 1.165) is 18.7 Å². The van der Waals surface area contributed by atoms with E-state index in [1.54, 1.807) is 0 Å². The summed E-state index contributed by atoms with van der Waals surface area (Å²) in [6.45, 7) is 1.63. The minimum absolute atomic E-state index is 0.0236. The number of carbonyl (C=O) groups is 2. The second-order valence-electron chi connectivity index (χ2n) is 7.01. The van der Waals surface area contributed by atoms with Gasteiger partial charge in [-0.1, -0.05) is 43.2 Å². The highest BCUT2D eigenvalue weighted by Gasteiger charge is 2.36. The fourth-order valence-electron chi connectivity index (χ4n) is 4.09. The van der Waals surface area contributed by atoms with Gasteiger partial charge in [0.15, 0.2) is 0 Å². The quantitative estimate of drug-likeness (QED) is 0.830. The molecule has 1 saturated heterocycles. The summed E-state index contributed by atoms with van der Waals surface area (Å²) >= 11 is 0. The van der Waals surface area contributed by atoms with Gasteiger partial charge in [-0.2, -0.15) is 0 Å². The van der Waals surface area contributed by atoms with Gasteiger partial charge in [0.25, 0.3) is 0 Å². The van der Waals surface area contributed by atoms with Crippen LogP contribution in [-0.2, 0) is 16.0 Å². The third-order valence-electron chi connectivity index (χ3n) is 5.41. The third kappa shape index (κ3) is 3.92. The molecule has 1 aliphatic heterocycles. The van der Waals surface area contributed by atoms with Crippen LogP contribution in [0.15, 0.2) is 30.3 Å². The number of amides is 1. The minimum atomic E-state index is -1.13. The van der Waals surface area contributed by atoms with E-state index in [9.17, 15) is 14.7 Å². The maximum absolute atomic E-state index is 12.5. The molecule has 3 rings (SSSR count). The van der Waals surface area contributed by atoms with Crippen molar-refractivity contribution in [3.05, 3.63) is 35.9 Å². The van der Waals surface area contributed by atoms with Crippen molar-refractivity contribution in [3.63, 3.8) is 0 Å². The summed E-state index contributed by atoms with van der Waals surface area (Å²) in [5, 5.41) is 11.4. The number of nitrogens with zero attached hydrogens (tertiary/aromatic N) is 1. The van der Waals surface area contributed by atoms with E-state index in [-0.39, 0.29) is 12.3 Å². The van der Waals surface area contributed by atoms with Gasteiger partial charge in [0.1, 0.15) is 0 Å². The summed E-state index contributed by atoms with van der Waals surface area (Å²) in [7, 11) is 0. The van der Waals surface area contributed by atoms with Crippen molar-refractivity contribution in [1.29, 1.82) is 0 Å². The van der Waals surface area contributed by atoms with E-state index < -0.39 is 11.9 Å². The number of hydrogen-bond donors (Lipinski definition) is 0. The van der Waals surface area contributed by atoms with Crippen LogP contribution in [0.25, 0.3) is 0 Å². The van der Waals surface area contributed by atoms with Gasteiger partial charge in [-0.15, -0.1) is 0 Å². The van der Waals surface area contributed by atoms with Crippen LogP contribution in [-0.4, -0.2) is 29.9 Å². The first kappa shape index (κ1) is 16.0. The molecule has 4 nitrogen and oxygen atoms in total. The Labute approximate surface area is 137 Å². The number of benzene rings is 1. The Balaban J connectivity index is 1.59. The highest BCUT2D eigenvalue weighted by molar-refractivity contribution is 5.82. The second kappa shape index (κ2) is 7.16. The lowest BCUT2D eigenvalue weighted by Gasteiger charge is -2.22. The molecule has 3 atom stereocenters. The number of carboxylic acids is 1. The number of aliphatic carboxylic acids is 1. The maximum Gasteiger partial charge on any atom is 0.223 e. The molecule has 1 aromatic rings. The number of rotatable bonds is 5. The second-order valence-corrected chi connectivity index (χ2v) is 7.01. The van der Waals surface area contributed by atoms with Gasteiger partial charge in [-0.05, 0) is 36.7 Å². The van der Waals surface area contributed by atoms with Crippen molar-refractivity contribution in [3.8, 4) is 0 Å². The standard InChI is InChI=1S/C19H25NO3/c21-18(20-12-15-8-4-5-9-16(15)13-20)11-17(19(22)23)10-14-6-2-1-3-7-14/h1-3,6-7,15-17H,4-5,8-13H2,(H,22,23)/p-1/t15-,16+,17-/m1/s1. The largest absolute Gasteiger partial charge is 0.550 e. The first-order valence-corrected chi connectivity index (χ1v) is 8.66. The van der Waals surface area contributed by atoms with E-state index in [0.29, 0.717) is 18.3 Å². The van der Waals surface area contributed by atoms with E-state index in [1.165, 1.54) is 25.7 Å². The van der Waals surface area contributed by atoms with Crippen LogP contribution in [0.5, 0.6) is 0 Å². The van der Waals surface area contributed by atoms with Gasteiger partial charge in [-0.25, -0.2) is 0 Å². The molecule has 2 aliphatic rings. The van der Waals surface area contributed by atoms with Crippen molar-refractivity contribution in [2.75, 3.05) is 13.1 Å². The first-order valence-electron chi connectivity index (χ1n) is 8.66. The van der Waals surface area contributed by atoms with Crippen molar-refractivity contribution in [2.45, 2.75) is 38.5 Å². The Kier molecular flexibility index (Phi) is 4.99. The summed E-state index contributed by atoms with van der Waals surface area (Å²) in [4.78, 5) is 25.8. The van der Waals surface area contributed by atoms with Crippen LogP contribution in [0, 0.1) is 17.8 Å². The average molecular weight is 314 g/mol. The first-order chi connectivity index (χ1) is 11.1. The van der Waals surface area contributed by atoms with Crippen LogP contribution in [0.1, 0.15) is 37.7 Å². The zero-order valence-corrected chi connectivity index (χ0v) is 13.4. The normalized spacial score (nSPS) is 25.0. The van der Waals surface area contributed by atoms with E-state index in [4.69, 9.17) is 0 Å². The number of carbonyl (C=O) groups excluding carboxylic acids is 2. The Hall–Kier alpha value is -1.84. The van der Waals surface area contributed by atoms with Crippen LogP contribution in [0.4, 0.5) is 0 Å². The zero-order chi connectivity index (χ0) is 16.2. The van der Waals surface area contributed by atoms with Crippen LogP contribution >= 0.6 is 0 Å². The van der Waals surface area contributed by atoms with E-state index >= 15 is 0 Å². The highest BCUT2D eigenvalue weighted by Crippen LogP contribution is 2.36. The molecule has 0 bridgehead atoms. The minimum Gasteiger partial charge on any atom is -0.550 e.